The Bertz CT molecular complexity index is 467. The van der Waals surface area contributed by atoms with Crippen LogP contribution in [0.25, 0.3) is 0 Å². The number of aliphatic carboxylic acids is 1. The summed E-state index contributed by atoms with van der Waals surface area (Å²) >= 11 is 7.32. The van der Waals surface area contributed by atoms with E-state index in [2.05, 4.69) is 9.72 Å². The summed E-state index contributed by atoms with van der Waals surface area (Å²) in [6.45, 7) is 0. The highest BCUT2D eigenvalue weighted by molar-refractivity contribution is 14.1. The van der Waals surface area contributed by atoms with Crippen molar-refractivity contribution in [3.8, 4) is 5.88 Å². The number of pyridine rings is 1. The van der Waals surface area contributed by atoms with E-state index in [9.17, 15) is 18.0 Å². The molecule has 0 atom stereocenters. The number of alkyl halides is 4. The largest absolute Gasteiger partial charge is 0.574 e. The monoisotopic (exact) mass is 395 g/mol. The van der Waals surface area contributed by atoms with Crippen molar-refractivity contribution >= 4 is 40.2 Å². The molecule has 0 aromatic carbocycles. The lowest BCUT2D eigenvalue weighted by Gasteiger charge is -2.13. The number of rotatable bonds is 4. The molecule has 0 unspecified atom stereocenters. The lowest BCUT2D eigenvalue weighted by atomic mass is 10.2. The quantitative estimate of drug-likeness (QED) is 0.629. The van der Waals surface area contributed by atoms with Crippen LogP contribution >= 0.6 is 34.2 Å². The van der Waals surface area contributed by atoms with Crippen molar-refractivity contribution in [2.75, 3.05) is 0 Å². The lowest BCUT2D eigenvalue weighted by molar-refractivity contribution is -0.276. The van der Waals surface area contributed by atoms with Gasteiger partial charge in [0.05, 0.1) is 18.0 Å². The second-order valence-electron chi connectivity index (χ2n) is 3.13. The Hall–Kier alpha value is -0.770. The molecule has 18 heavy (non-hydrogen) atoms. The van der Waals surface area contributed by atoms with E-state index >= 15 is 0 Å². The van der Waals surface area contributed by atoms with E-state index in [1.165, 1.54) is 6.07 Å². The molecular formula is C9H6ClF3INO3. The number of carbonyl (C=O) groups is 1. The molecule has 100 valence electrons. The molecule has 0 amide bonds. The number of ether oxygens (including phenoxy) is 1. The van der Waals surface area contributed by atoms with Crippen molar-refractivity contribution in [1.82, 2.24) is 4.98 Å². The van der Waals surface area contributed by atoms with E-state index < -0.39 is 24.6 Å². The molecule has 9 heteroatoms. The highest BCUT2D eigenvalue weighted by Crippen LogP contribution is 2.28. The van der Waals surface area contributed by atoms with E-state index in [4.69, 9.17) is 16.7 Å². The van der Waals surface area contributed by atoms with Gasteiger partial charge in [0.15, 0.2) is 0 Å². The van der Waals surface area contributed by atoms with Crippen LogP contribution in [0.15, 0.2) is 6.07 Å². The third kappa shape index (κ3) is 4.48. The van der Waals surface area contributed by atoms with E-state index in [0.29, 0.717) is 3.57 Å². The van der Waals surface area contributed by atoms with Gasteiger partial charge in [0.2, 0.25) is 5.88 Å². The Balaban J connectivity index is 3.21. The Kier molecular flexibility index (Phi) is 5.02. The summed E-state index contributed by atoms with van der Waals surface area (Å²) in [5.41, 5.74) is 0.0451. The minimum Gasteiger partial charge on any atom is -0.481 e. The Labute approximate surface area is 118 Å². The summed E-state index contributed by atoms with van der Waals surface area (Å²) in [6, 6.07) is 1.26. The van der Waals surface area contributed by atoms with Crippen LogP contribution in [0, 0.1) is 3.57 Å². The van der Waals surface area contributed by atoms with Crippen molar-refractivity contribution in [3.05, 3.63) is 20.9 Å². The molecule has 0 saturated carbocycles. The fourth-order valence-corrected chi connectivity index (χ4v) is 2.24. The van der Waals surface area contributed by atoms with Gasteiger partial charge in [-0.3, -0.25) is 4.79 Å². The molecule has 0 radical (unpaired) electrons. The van der Waals surface area contributed by atoms with Crippen LogP contribution in [0.1, 0.15) is 11.3 Å². The molecule has 1 rings (SSSR count). The normalized spacial score (nSPS) is 11.4. The van der Waals surface area contributed by atoms with Crippen molar-refractivity contribution in [2.45, 2.75) is 18.7 Å². The maximum absolute atomic E-state index is 12.2. The SMILES string of the molecule is O=C(O)Cc1cc(I)c(CCl)nc1OC(F)(F)F. The van der Waals surface area contributed by atoms with Gasteiger partial charge in [-0.1, -0.05) is 0 Å². The molecule has 0 saturated heterocycles. The Morgan fingerprint density at radius 3 is 2.61 bits per heavy atom. The summed E-state index contributed by atoms with van der Waals surface area (Å²) in [5, 5.41) is 8.61. The Morgan fingerprint density at radius 1 is 1.56 bits per heavy atom. The van der Waals surface area contributed by atoms with Crippen LogP contribution in [0.3, 0.4) is 0 Å². The van der Waals surface area contributed by atoms with Gasteiger partial charge in [-0.05, 0) is 28.7 Å². The maximum Gasteiger partial charge on any atom is 0.574 e. The standard InChI is InChI=1S/C9H6ClF3INO3/c10-3-6-5(14)1-4(2-7(16)17)8(15-6)18-9(11,12)13/h1H,2-3H2,(H,16,17). The van der Waals surface area contributed by atoms with Crippen molar-refractivity contribution in [2.24, 2.45) is 0 Å². The van der Waals surface area contributed by atoms with Crippen molar-refractivity contribution in [3.63, 3.8) is 0 Å². The molecule has 0 fully saturated rings. The van der Waals surface area contributed by atoms with Gasteiger partial charge in [-0.2, -0.15) is 0 Å². The number of aromatic nitrogens is 1. The van der Waals surface area contributed by atoms with E-state index in [1.54, 1.807) is 0 Å². The zero-order valence-electron chi connectivity index (χ0n) is 8.59. The number of halogens is 5. The predicted octanol–water partition coefficient (Wildman–Crippen LogP) is 2.95. The average Bonchev–Trinajstić information content (AvgIpc) is 2.19. The first-order valence-electron chi connectivity index (χ1n) is 4.44. The van der Waals surface area contributed by atoms with Gasteiger partial charge >= 0.3 is 12.3 Å². The predicted molar refractivity (Wildman–Crippen MR) is 64.5 cm³/mol. The number of carboxylic acid groups (broad SMARTS) is 1. The number of carboxylic acids is 1. The third-order valence-electron chi connectivity index (χ3n) is 1.77. The topological polar surface area (TPSA) is 59.4 Å². The van der Waals surface area contributed by atoms with Crippen LogP contribution in [-0.4, -0.2) is 22.4 Å². The highest BCUT2D eigenvalue weighted by atomic mass is 127. The van der Waals surface area contributed by atoms with Gasteiger partial charge in [0.1, 0.15) is 0 Å². The zero-order chi connectivity index (χ0) is 13.9. The minimum atomic E-state index is -4.93. The molecule has 4 nitrogen and oxygen atoms in total. The molecular weight excluding hydrogens is 389 g/mol. The summed E-state index contributed by atoms with van der Waals surface area (Å²) in [4.78, 5) is 14.1. The fraction of sp³-hybridized carbons (Fsp3) is 0.333. The van der Waals surface area contributed by atoms with Crippen LogP contribution in [0.5, 0.6) is 5.88 Å². The first kappa shape index (κ1) is 15.3. The number of hydrogen-bond donors (Lipinski definition) is 1. The van der Waals surface area contributed by atoms with Crippen LogP contribution in [-0.2, 0) is 17.1 Å². The van der Waals surface area contributed by atoms with Crippen molar-refractivity contribution in [1.29, 1.82) is 0 Å². The van der Waals surface area contributed by atoms with Gasteiger partial charge in [-0.25, -0.2) is 4.98 Å². The van der Waals surface area contributed by atoms with Crippen LogP contribution in [0.4, 0.5) is 13.2 Å². The van der Waals surface area contributed by atoms with Gasteiger partial charge < -0.3 is 9.84 Å². The van der Waals surface area contributed by atoms with Gasteiger partial charge in [0.25, 0.3) is 0 Å². The molecule has 0 aliphatic carbocycles. The van der Waals surface area contributed by atoms with Crippen LogP contribution in [0.2, 0.25) is 0 Å². The molecule has 1 N–H and O–H groups in total. The fourth-order valence-electron chi connectivity index (χ4n) is 1.13. The van der Waals surface area contributed by atoms with Crippen molar-refractivity contribution < 1.29 is 27.8 Å². The molecule has 1 aromatic rings. The molecule has 1 heterocycles. The third-order valence-corrected chi connectivity index (χ3v) is 2.96. The van der Waals surface area contributed by atoms with E-state index in [-0.39, 0.29) is 17.1 Å². The lowest BCUT2D eigenvalue weighted by Crippen LogP contribution is -2.20. The van der Waals surface area contributed by atoms with Crippen LogP contribution < -0.4 is 4.74 Å². The molecule has 0 bridgehead atoms. The zero-order valence-corrected chi connectivity index (χ0v) is 11.5. The summed E-state index contributed by atoms with van der Waals surface area (Å²) < 4.78 is 40.6. The number of nitrogens with zero attached hydrogens (tertiary/aromatic N) is 1. The molecule has 1 aromatic heterocycles. The number of hydrogen-bond acceptors (Lipinski definition) is 3. The van der Waals surface area contributed by atoms with Gasteiger partial charge in [-0.15, -0.1) is 24.8 Å². The van der Waals surface area contributed by atoms with E-state index in [1.807, 2.05) is 22.6 Å². The second kappa shape index (κ2) is 5.91. The highest BCUT2D eigenvalue weighted by Gasteiger charge is 2.33. The second-order valence-corrected chi connectivity index (χ2v) is 4.56. The minimum absolute atomic E-state index is 0.0974. The molecule has 0 aliphatic heterocycles. The molecule has 0 aliphatic rings. The van der Waals surface area contributed by atoms with E-state index in [0.717, 1.165) is 0 Å². The summed E-state index contributed by atoms with van der Waals surface area (Å²) in [6.07, 6.45) is -5.55. The smallest absolute Gasteiger partial charge is 0.481 e. The molecule has 0 spiro atoms. The summed E-state index contributed by atoms with van der Waals surface area (Å²) in [7, 11) is 0. The summed E-state index contributed by atoms with van der Waals surface area (Å²) in [5.74, 6) is -2.15. The average molecular weight is 396 g/mol. The Morgan fingerprint density at radius 2 is 2.17 bits per heavy atom. The first-order chi connectivity index (χ1) is 8.23. The first-order valence-corrected chi connectivity index (χ1v) is 6.06. The maximum atomic E-state index is 12.2. The van der Waals surface area contributed by atoms with Gasteiger partial charge in [0, 0.05) is 9.13 Å².